The van der Waals surface area contributed by atoms with Crippen LogP contribution in [0.25, 0.3) is 0 Å². The molecule has 1 aliphatic rings. The van der Waals surface area contributed by atoms with Gasteiger partial charge in [-0.2, -0.15) is 0 Å². The van der Waals surface area contributed by atoms with E-state index >= 15 is 0 Å². The highest BCUT2D eigenvalue weighted by Crippen LogP contribution is 2.27. The Labute approximate surface area is 129 Å². The van der Waals surface area contributed by atoms with Crippen LogP contribution in [0.2, 0.25) is 0 Å². The van der Waals surface area contributed by atoms with Gasteiger partial charge in [-0.15, -0.1) is 0 Å². The molecular weight excluding hydrogens is 260 g/mol. The number of nitrogens with zero attached hydrogens (tertiary/aromatic N) is 1. The van der Waals surface area contributed by atoms with Gasteiger partial charge in [-0.1, -0.05) is 24.6 Å². The first kappa shape index (κ1) is 16.3. The minimum Gasteiger partial charge on any atom is -0.378 e. The van der Waals surface area contributed by atoms with Crippen LogP contribution in [-0.2, 0) is 11.2 Å². The molecule has 21 heavy (non-hydrogen) atoms. The molecule has 1 aromatic carbocycles. The van der Waals surface area contributed by atoms with Gasteiger partial charge in [0.15, 0.2) is 0 Å². The zero-order valence-electron chi connectivity index (χ0n) is 13.8. The number of aryl methyl sites for hydroxylation is 1. The summed E-state index contributed by atoms with van der Waals surface area (Å²) in [7, 11) is 0. The minimum atomic E-state index is 0.256. The van der Waals surface area contributed by atoms with E-state index in [2.05, 4.69) is 43.9 Å². The van der Waals surface area contributed by atoms with Crippen molar-refractivity contribution in [2.24, 2.45) is 5.73 Å². The monoisotopic (exact) mass is 290 g/mol. The lowest BCUT2D eigenvalue weighted by Gasteiger charge is -2.35. The Hall–Kier alpha value is -1.06. The van der Waals surface area contributed by atoms with E-state index in [-0.39, 0.29) is 6.04 Å². The van der Waals surface area contributed by atoms with E-state index < -0.39 is 0 Å². The molecule has 0 spiro atoms. The van der Waals surface area contributed by atoms with E-state index in [4.69, 9.17) is 10.5 Å². The van der Waals surface area contributed by atoms with Crippen molar-refractivity contribution >= 4 is 5.69 Å². The van der Waals surface area contributed by atoms with Crippen LogP contribution in [0.15, 0.2) is 18.2 Å². The molecule has 1 atom stereocenters. The van der Waals surface area contributed by atoms with Crippen molar-refractivity contribution in [1.29, 1.82) is 0 Å². The summed E-state index contributed by atoms with van der Waals surface area (Å²) in [5.41, 5.74) is 10.3. The van der Waals surface area contributed by atoms with Crippen LogP contribution >= 0.6 is 0 Å². The van der Waals surface area contributed by atoms with E-state index in [1.807, 2.05) is 0 Å². The Morgan fingerprint density at radius 2 is 2.00 bits per heavy atom. The number of rotatable bonds is 6. The molecule has 1 unspecified atom stereocenters. The molecule has 0 saturated carbocycles. The molecule has 1 saturated heterocycles. The molecule has 1 aliphatic heterocycles. The fourth-order valence-electron chi connectivity index (χ4n) is 3.11. The standard InChI is InChI=1S/C18H30N2O/c1-4-16(19)13-15-12-14(3)6-7-18(15)20-10-8-17(9-11-20)21-5-2/h6-7,12,16-17H,4-5,8-11,13,19H2,1-3H3. The first-order valence-electron chi connectivity index (χ1n) is 8.35. The number of nitrogens with two attached hydrogens (primary N) is 1. The van der Waals surface area contributed by atoms with Gasteiger partial charge in [0.25, 0.3) is 0 Å². The zero-order chi connectivity index (χ0) is 15.2. The molecule has 0 bridgehead atoms. The van der Waals surface area contributed by atoms with Gasteiger partial charge in [-0.3, -0.25) is 0 Å². The Kier molecular flexibility index (Phi) is 6.07. The molecule has 0 radical (unpaired) electrons. The Bertz CT molecular complexity index is 439. The SMILES string of the molecule is CCOC1CCN(c2ccc(C)cc2CC(N)CC)CC1. The van der Waals surface area contributed by atoms with E-state index in [0.717, 1.165) is 45.4 Å². The van der Waals surface area contributed by atoms with E-state index in [1.165, 1.54) is 16.8 Å². The molecule has 2 rings (SSSR count). The normalized spacial score (nSPS) is 18.0. The third kappa shape index (κ3) is 4.45. The second kappa shape index (κ2) is 7.81. The van der Waals surface area contributed by atoms with Crippen LogP contribution in [-0.4, -0.2) is 31.8 Å². The van der Waals surface area contributed by atoms with Gasteiger partial charge in [0, 0.05) is 31.4 Å². The van der Waals surface area contributed by atoms with E-state index in [9.17, 15) is 0 Å². The summed E-state index contributed by atoms with van der Waals surface area (Å²) >= 11 is 0. The average Bonchev–Trinajstić information content (AvgIpc) is 2.49. The third-order valence-corrected chi connectivity index (χ3v) is 4.43. The lowest BCUT2D eigenvalue weighted by atomic mass is 9.98. The van der Waals surface area contributed by atoms with Crippen molar-refractivity contribution in [2.45, 2.75) is 58.6 Å². The van der Waals surface area contributed by atoms with Gasteiger partial charge in [0.1, 0.15) is 0 Å². The molecule has 0 amide bonds. The summed E-state index contributed by atoms with van der Waals surface area (Å²) in [6.45, 7) is 9.40. The number of ether oxygens (including phenoxy) is 1. The average molecular weight is 290 g/mol. The fourth-order valence-corrected chi connectivity index (χ4v) is 3.11. The van der Waals surface area contributed by atoms with E-state index in [1.54, 1.807) is 0 Å². The maximum Gasteiger partial charge on any atom is 0.0608 e. The summed E-state index contributed by atoms with van der Waals surface area (Å²) in [6.07, 6.45) is 4.69. The van der Waals surface area contributed by atoms with Crippen LogP contribution in [0.5, 0.6) is 0 Å². The summed E-state index contributed by atoms with van der Waals surface area (Å²) in [5.74, 6) is 0. The van der Waals surface area contributed by atoms with Crippen molar-refractivity contribution < 1.29 is 4.74 Å². The number of hydrogen-bond acceptors (Lipinski definition) is 3. The number of benzene rings is 1. The lowest BCUT2D eigenvalue weighted by Crippen LogP contribution is -2.38. The van der Waals surface area contributed by atoms with Crippen LogP contribution in [0.3, 0.4) is 0 Å². The summed E-state index contributed by atoms with van der Waals surface area (Å²) in [5, 5.41) is 0. The second-order valence-corrected chi connectivity index (χ2v) is 6.15. The summed E-state index contributed by atoms with van der Waals surface area (Å²) in [4.78, 5) is 2.51. The van der Waals surface area contributed by atoms with Crippen LogP contribution < -0.4 is 10.6 Å². The number of anilines is 1. The van der Waals surface area contributed by atoms with Gasteiger partial charge in [-0.25, -0.2) is 0 Å². The highest BCUT2D eigenvalue weighted by atomic mass is 16.5. The maximum absolute atomic E-state index is 6.18. The lowest BCUT2D eigenvalue weighted by molar-refractivity contribution is 0.0459. The summed E-state index contributed by atoms with van der Waals surface area (Å²) < 4.78 is 5.75. The molecular formula is C18H30N2O. The molecule has 3 nitrogen and oxygen atoms in total. The van der Waals surface area contributed by atoms with Crippen LogP contribution in [0.1, 0.15) is 44.2 Å². The molecule has 0 aliphatic carbocycles. The van der Waals surface area contributed by atoms with Crippen molar-refractivity contribution in [3.63, 3.8) is 0 Å². The number of hydrogen-bond donors (Lipinski definition) is 1. The number of piperidine rings is 1. The molecule has 1 fully saturated rings. The highest BCUT2D eigenvalue weighted by Gasteiger charge is 2.21. The Balaban J connectivity index is 2.09. The van der Waals surface area contributed by atoms with Gasteiger partial charge in [-0.05, 0) is 51.2 Å². The van der Waals surface area contributed by atoms with Crippen molar-refractivity contribution in [1.82, 2.24) is 0 Å². The van der Waals surface area contributed by atoms with Gasteiger partial charge in [0.05, 0.1) is 6.10 Å². The predicted molar refractivity (Wildman–Crippen MR) is 90.0 cm³/mol. The van der Waals surface area contributed by atoms with Crippen molar-refractivity contribution in [2.75, 3.05) is 24.6 Å². The Morgan fingerprint density at radius 3 is 2.62 bits per heavy atom. The largest absolute Gasteiger partial charge is 0.378 e. The fraction of sp³-hybridized carbons (Fsp3) is 0.667. The molecule has 2 N–H and O–H groups in total. The molecule has 3 heteroatoms. The van der Waals surface area contributed by atoms with Crippen LogP contribution in [0.4, 0.5) is 5.69 Å². The molecule has 1 heterocycles. The summed E-state index contributed by atoms with van der Waals surface area (Å²) in [6, 6.07) is 7.05. The van der Waals surface area contributed by atoms with Gasteiger partial charge in [0.2, 0.25) is 0 Å². The smallest absolute Gasteiger partial charge is 0.0608 e. The third-order valence-electron chi connectivity index (χ3n) is 4.43. The van der Waals surface area contributed by atoms with Gasteiger partial charge >= 0.3 is 0 Å². The molecule has 1 aromatic rings. The highest BCUT2D eigenvalue weighted by molar-refractivity contribution is 5.55. The first-order valence-corrected chi connectivity index (χ1v) is 8.35. The molecule has 0 aromatic heterocycles. The van der Waals surface area contributed by atoms with Crippen LogP contribution in [0, 0.1) is 6.92 Å². The van der Waals surface area contributed by atoms with Crippen molar-refractivity contribution in [3.8, 4) is 0 Å². The Morgan fingerprint density at radius 1 is 1.29 bits per heavy atom. The topological polar surface area (TPSA) is 38.5 Å². The minimum absolute atomic E-state index is 0.256. The second-order valence-electron chi connectivity index (χ2n) is 6.15. The quantitative estimate of drug-likeness (QED) is 0.874. The van der Waals surface area contributed by atoms with Crippen molar-refractivity contribution in [3.05, 3.63) is 29.3 Å². The molecule has 118 valence electrons. The zero-order valence-corrected chi connectivity index (χ0v) is 13.8. The first-order chi connectivity index (χ1) is 10.1. The van der Waals surface area contributed by atoms with Gasteiger partial charge < -0.3 is 15.4 Å². The maximum atomic E-state index is 6.18. The van der Waals surface area contributed by atoms with E-state index in [0.29, 0.717) is 6.10 Å². The predicted octanol–water partition coefficient (Wildman–Crippen LogP) is 3.28.